The smallest absolute Gasteiger partial charge is 0.312 e. The molecule has 0 fully saturated rings. The highest BCUT2D eigenvalue weighted by molar-refractivity contribution is 5.81. The number of hydrogen-bond donors (Lipinski definition) is 11. The summed E-state index contributed by atoms with van der Waals surface area (Å²) in [4.78, 5) is 12.9. The Morgan fingerprint density at radius 2 is 1.02 bits per heavy atom. The lowest BCUT2D eigenvalue weighted by Gasteiger charge is -2.42. The summed E-state index contributed by atoms with van der Waals surface area (Å²) < 4.78 is 18.3. The number of aromatic hydroxyl groups is 9. The molecule has 278 valence electrons. The lowest BCUT2D eigenvalue weighted by atomic mass is 9.74. The van der Waals surface area contributed by atoms with Gasteiger partial charge in [-0.2, -0.15) is 0 Å². The van der Waals surface area contributed by atoms with Gasteiger partial charge in [-0.3, -0.25) is 4.79 Å². The zero-order valence-electron chi connectivity index (χ0n) is 27.8. The monoisotopic (exact) mass is 740 g/mol. The Morgan fingerprint density at radius 1 is 0.500 bits per heavy atom. The first-order chi connectivity index (χ1) is 25.7. The van der Waals surface area contributed by atoms with E-state index >= 15 is 0 Å². The molecule has 5 aromatic rings. The lowest BCUT2D eigenvalue weighted by Crippen LogP contribution is -2.37. The molecular formula is C39H32O15. The average molecular weight is 741 g/mol. The van der Waals surface area contributed by atoms with Gasteiger partial charge in [-0.1, -0.05) is 18.2 Å². The molecule has 0 radical (unpaired) electrons. The number of carbonyl (C=O) groups is 1. The van der Waals surface area contributed by atoms with E-state index in [0.29, 0.717) is 5.56 Å². The summed E-state index contributed by atoms with van der Waals surface area (Å²) in [6.07, 6.45) is -6.28. The molecule has 15 nitrogen and oxygen atoms in total. The fourth-order valence-electron chi connectivity index (χ4n) is 7.66. The molecule has 3 aliphatic rings. The lowest BCUT2D eigenvalue weighted by molar-refractivity contribution is -0.135. The highest BCUT2D eigenvalue weighted by Gasteiger charge is 2.49. The van der Waals surface area contributed by atoms with Crippen molar-refractivity contribution in [1.29, 1.82) is 0 Å². The van der Waals surface area contributed by atoms with Crippen LogP contribution in [0, 0.1) is 0 Å². The predicted molar refractivity (Wildman–Crippen MR) is 184 cm³/mol. The number of rotatable bonds is 4. The van der Waals surface area contributed by atoms with E-state index in [9.17, 15) is 61.0 Å². The van der Waals surface area contributed by atoms with Crippen molar-refractivity contribution in [3.8, 4) is 69.0 Å². The summed E-state index contributed by atoms with van der Waals surface area (Å²) in [6, 6.07) is 13.5. The minimum Gasteiger partial charge on any atom is -0.507 e. The van der Waals surface area contributed by atoms with E-state index in [1.165, 1.54) is 42.5 Å². The number of ether oxygens (including phenoxy) is 3. The molecule has 0 saturated carbocycles. The number of carbonyl (C=O) groups excluding carboxylic acids is 1. The minimum absolute atomic E-state index is 0.0254. The van der Waals surface area contributed by atoms with Crippen molar-refractivity contribution in [2.45, 2.75) is 49.1 Å². The van der Waals surface area contributed by atoms with Gasteiger partial charge in [-0.25, -0.2) is 0 Å². The maximum atomic E-state index is 12.9. The van der Waals surface area contributed by atoms with Crippen LogP contribution < -0.4 is 14.2 Å². The van der Waals surface area contributed by atoms with Crippen molar-refractivity contribution in [1.82, 2.24) is 0 Å². The summed E-state index contributed by atoms with van der Waals surface area (Å²) in [7, 11) is 0. The van der Waals surface area contributed by atoms with Crippen molar-refractivity contribution in [2.75, 3.05) is 0 Å². The summed E-state index contributed by atoms with van der Waals surface area (Å²) in [5.41, 5.74) is 0.580. The summed E-state index contributed by atoms with van der Waals surface area (Å²) in [5, 5.41) is 119. The van der Waals surface area contributed by atoms with Crippen LogP contribution in [0.5, 0.6) is 69.0 Å². The van der Waals surface area contributed by atoms with E-state index in [0.717, 1.165) is 24.3 Å². The van der Waals surface area contributed by atoms with Crippen LogP contribution in [0.4, 0.5) is 0 Å². The molecule has 0 aromatic heterocycles. The van der Waals surface area contributed by atoms with Gasteiger partial charge in [-0.15, -0.1) is 0 Å². The Balaban J connectivity index is 1.39. The van der Waals surface area contributed by atoms with Gasteiger partial charge in [-0.05, 0) is 53.1 Å². The standard InChI is InChI=1S/C39H32O15/c40-19-4-1-14(7-23(19)44)17-11-30(50)52-29-13-27(48)33-34(35(51)37(54-39(33)31(17)29)16-3-6-21(42)25(46)9-16)32-26(47)12-22(43)18-10-28(49)36(53-38(18)32)15-2-5-20(41)24(45)8-15/h1-9,12-13,17,28,34-37,40-49,51H,10-11H2/t17-,28-,34-,35-,36+,37+/m0/s1. The van der Waals surface area contributed by atoms with Crippen LogP contribution in [0.1, 0.15) is 69.4 Å². The molecule has 8 rings (SSSR count). The van der Waals surface area contributed by atoms with E-state index in [4.69, 9.17) is 14.2 Å². The largest absolute Gasteiger partial charge is 0.507 e. The van der Waals surface area contributed by atoms with Crippen molar-refractivity contribution in [3.63, 3.8) is 0 Å². The second-order valence-electron chi connectivity index (χ2n) is 13.5. The van der Waals surface area contributed by atoms with Crippen LogP contribution in [-0.2, 0) is 11.2 Å². The molecular weight excluding hydrogens is 708 g/mol. The zero-order valence-corrected chi connectivity index (χ0v) is 27.8. The highest BCUT2D eigenvalue weighted by Crippen LogP contribution is 2.60. The minimum atomic E-state index is -1.74. The third-order valence-electron chi connectivity index (χ3n) is 10.2. The Bertz CT molecular complexity index is 2370. The van der Waals surface area contributed by atoms with Gasteiger partial charge in [0.1, 0.15) is 46.7 Å². The molecule has 54 heavy (non-hydrogen) atoms. The van der Waals surface area contributed by atoms with Gasteiger partial charge >= 0.3 is 5.97 Å². The number of hydrogen-bond acceptors (Lipinski definition) is 15. The fourth-order valence-corrected chi connectivity index (χ4v) is 7.66. The van der Waals surface area contributed by atoms with E-state index in [1.54, 1.807) is 0 Å². The molecule has 11 N–H and O–H groups in total. The quantitative estimate of drug-likeness (QED) is 0.0702. The van der Waals surface area contributed by atoms with Crippen LogP contribution in [0.2, 0.25) is 0 Å². The number of benzene rings is 5. The van der Waals surface area contributed by atoms with Crippen molar-refractivity contribution >= 4 is 5.97 Å². The molecule has 0 saturated heterocycles. The molecule has 3 aliphatic heterocycles. The molecule has 3 heterocycles. The summed E-state index contributed by atoms with van der Waals surface area (Å²) in [6.45, 7) is 0. The maximum Gasteiger partial charge on any atom is 0.312 e. The average Bonchev–Trinajstić information content (AvgIpc) is 3.12. The van der Waals surface area contributed by atoms with Gasteiger partial charge in [0, 0.05) is 46.7 Å². The number of aliphatic hydroxyl groups is 2. The van der Waals surface area contributed by atoms with Gasteiger partial charge in [0.25, 0.3) is 0 Å². The first-order valence-electron chi connectivity index (χ1n) is 16.6. The highest BCUT2D eigenvalue weighted by atomic mass is 16.5. The maximum absolute atomic E-state index is 12.9. The topological polar surface area (TPSA) is 267 Å². The second kappa shape index (κ2) is 12.5. The Labute approximate surface area is 304 Å². The molecule has 0 unspecified atom stereocenters. The third-order valence-corrected chi connectivity index (χ3v) is 10.2. The van der Waals surface area contributed by atoms with Crippen LogP contribution in [-0.4, -0.2) is 74.3 Å². The molecule has 6 atom stereocenters. The fraction of sp³-hybridized carbons (Fsp3) is 0.205. The van der Waals surface area contributed by atoms with E-state index in [2.05, 4.69) is 0 Å². The second-order valence-corrected chi connectivity index (χ2v) is 13.5. The first kappa shape index (κ1) is 34.4. The zero-order chi connectivity index (χ0) is 38.3. The summed E-state index contributed by atoms with van der Waals surface area (Å²) in [5.74, 6) is -8.07. The number of aliphatic hydroxyl groups excluding tert-OH is 2. The van der Waals surface area contributed by atoms with Gasteiger partial charge in [0.15, 0.2) is 40.6 Å². The van der Waals surface area contributed by atoms with Crippen molar-refractivity contribution in [3.05, 3.63) is 106 Å². The van der Waals surface area contributed by atoms with Gasteiger partial charge < -0.3 is 70.4 Å². The Morgan fingerprint density at radius 3 is 1.63 bits per heavy atom. The molecule has 0 aliphatic carbocycles. The summed E-state index contributed by atoms with van der Waals surface area (Å²) >= 11 is 0. The van der Waals surface area contributed by atoms with Crippen LogP contribution in [0.3, 0.4) is 0 Å². The first-order valence-corrected chi connectivity index (χ1v) is 16.6. The number of fused-ring (bicyclic) bond motifs is 4. The van der Waals surface area contributed by atoms with Crippen molar-refractivity contribution in [2.24, 2.45) is 0 Å². The number of phenols is 9. The van der Waals surface area contributed by atoms with Crippen LogP contribution >= 0.6 is 0 Å². The van der Waals surface area contributed by atoms with Gasteiger partial charge in [0.05, 0.1) is 18.4 Å². The van der Waals surface area contributed by atoms with E-state index in [1.807, 2.05) is 0 Å². The normalized spacial score (nSPS) is 22.9. The molecule has 0 amide bonds. The van der Waals surface area contributed by atoms with Gasteiger partial charge in [0.2, 0.25) is 0 Å². The van der Waals surface area contributed by atoms with Crippen LogP contribution in [0.25, 0.3) is 0 Å². The molecule has 5 aromatic carbocycles. The Hall–Kier alpha value is -6.71. The molecule has 15 heteroatoms. The number of phenolic OH excluding ortho intramolecular Hbond substituents is 9. The molecule has 0 bridgehead atoms. The van der Waals surface area contributed by atoms with Crippen molar-refractivity contribution < 1.29 is 75.2 Å². The predicted octanol–water partition coefficient (Wildman–Crippen LogP) is 4.14. The number of esters is 1. The van der Waals surface area contributed by atoms with Crippen LogP contribution in [0.15, 0.2) is 66.7 Å². The van der Waals surface area contributed by atoms with E-state index in [-0.39, 0.29) is 63.5 Å². The SMILES string of the molecule is O=C1C[C@@H](c2ccc(O)c(O)c2)c2c(cc(O)c3c2O[C@H](c2ccc(O)c(O)c2)[C@@H](O)[C@H]3c2c(O)cc(O)c3c2O[C@H](c2ccc(O)c(O)c2)[C@@H](O)C3)O1. The molecule has 0 spiro atoms. The van der Waals surface area contributed by atoms with E-state index < -0.39 is 94.0 Å². The Kier molecular flexibility index (Phi) is 7.93. The third kappa shape index (κ3) is 5.40.